The lowest BCUT2D eigenvalue weighted by molar-refractivity contribution is 0.509. The van der Waals surface area contributed by atoms with Crippen molar-refractivity contribution in [2.75, 3.05) is 0 Å². The van der Waals surface area contributed by atoms with E-state index in [0.29, 0.717) is 17.6 Å². The number of allylic oxidation sites excluding steroid dienone is 1. The zero-order chi connectivity index (χ0) is 16.6. The van der Waals surface area contributed by atoms with Crippen LogP contribution >= 0.6 is 23.1 Å². The first-order chi connectivity index (χ1) is 11.0. The highest BCUT2D eigenvalue weighted by atomic mass is 32.2. The highest BCUT2D eigenvalue weighted by molar-refractivity contribution is 8.00. The summed E-state index contributed by atoms with van der Waals surface area (Å²) in [5.41, 5.74) is 1.21. The minimum absolute atomic E-state index is 0.00888. The van der Waals surface area contributed by atoms with E-state index in [1.165, 1.54) is 22.2 Å². The predicted octanol–water partition coefficient (Wildman–Crippen LogP) is 3.77. The lowest BCUT2D eigenvalue weighted by Gasteiger charge is -2.17. The van der Waals surface area contributed by atoms with Crippen LogP contribution in [0.2, 0.25) is 0 Å². The van der Waals surface area contributed by atoms with Crippen molar-refractivity contribution in [2.45, 2.75) is 50.1 Å². The molecule has 0 saturated heterocycles. The molecule has 0 bridgehead atoms. The van der Waals surface area contributed by atoms with Gasteiger partial charge in [0.2, 0.25) is 0 Å². The van der Waals surface area contributed by atoms with Crippen LogP contribution < -0.4 is 5.56 Å². The van der Waals surface area contributed by atoms with Crippen molar-refractivity contribution in [3.8, 4) is 6.07 Å². The summed E-state index contributed by atoms with van der Waals surface area (Å²) in [4.78, 5) is 19.9. The Hall–Kier alpha value is -1.58. The van der Waals surface area contributed by atoms with E-state index < -0.39 is 0 Å². The summed E-state index contributed by atoms with van der Waals surface area (Å²) in [5.74, 6) is 0.665. The third-order valence-electron chi connectivity index (χ3n) is 4.16. The van der Waals surface area contributed by atoms with Crippen molar-refractivity contribution in [1.82, 2.24) is 9.55 Å². The fraction of sp³-hybridized carbons (Fsp3) is 0.471. The Bertz CT molecular complexity index is 859. The quantitative estimate of drug-likeness (QED) is 0.481. The monoisotopic (exact) mass is 345 g/mol. The molecule has 0 unspecified atom stereocenters. The molecule has 3 rings (SSSR count). The normalized spacial score (nSPS) is 18.4. The lowest BCUT2D eigenvalue weighted by atomic mass is 9.89. The van der Waals surface area contributed by atoms with Crippen LogP contribution in [0.3, 0.4) is 0 Å². The predicted molar refractivity (Wildman–Crippen MR) is 96.2 cm³/mol. The number of fused-ring (bicyclic) bond motifs is 3. The van der Waals surface area contributed by atoms with E-state index >= 15 is 0 Å². The maximum Gasteiger partial charge on any atom is 0.263 e. The molecular weight excluding hydrogens is 326 g/mol. The van der Waals surface area contributed by atoms with Gasteiger partial charge in [0.15, 0.2) is 5.16 Å². The summed E-state index contributed by atoms with van der Waals surface area (Å²) in [6.07, 6.45) is 4.83. The standard InChI is InChI=1S/C17H19N3OS2/c1-4-7-20-16(21)14-12-6-5-10(2)8-13(12)23-15(14)19-17(20)22-11(3)9-18/h4,10-11H,1,5-8H2,2-3H3/t10-,11-/m0/s1. The van der Waals surface area contributed by atoms with Gasteiger partial charge in [-0.15, -0.1) is 17.9 Å². The highest BCUT2D eigenvalue weighted by Gasteiger charge is 2.24. The molecule has 1 aliphatic rings. The van der Waals surface area contributed by atoms with Gasteiger partial charge in [-0.05, 0) is 37.7 Å². The van der Waals surface area contributed by atoms with Crippen LogP contribution in [0, 0.1) is 17.2 Å². The molecule has 0 radical (unpaired) electrons. The topological polar surface area (TPSA) is 58.7 Å². The minimum Gasteiger partial charge on any atom is -0.283 e. The number of aryl methyl sites for hydroxylation is 1. The van der Waals surface area contributed by atoms with E-state index in [1.807, 2.05) is 6.92 Å². The molecule has 2 aromatic heterocycles. The second-order valence-corrected chi connectivity index (χ2v) is 8.41. The third-order valence-corrected chi connectivity index (χ3v) is 6.29. The average molecular weight is 345 g/mol. The zero-order valence-corrected chi connectivity index (χ0v) is 15.0. The molecule has 120 valence electrons. The van der Waals surface area contributed by atoms with Gasteiger partial charge in [0.05, 0.1) is 16.7 Å². The van der Waals surface area contributed by atoms with Crippen molar-refractivity contribution in [2.24, 2.45) is 5.92 Å². The van der Waals surface area contributed by atoms with Gasteiger partial charge in [0, 0.05) is 11.4 Å². The van der Waals surface area contributed by atoms with Gasteiger partial charge >= 0.3 is 0 Å². The average Bonchev–Trinajstić information content (AvgIpc) is 2.88. The van der Waals surface area contributed by atoms with Crippen molar-refractivity contribution in [3.63, 3.8) is 0 Å². The largest absolute Gasteiger partial charge is 0.283 e. The first-order valence-electron chi connectivity index (χ1n) is 7.77. The fourth-order valence-corrected chi connectivity index (χ4v) is 5.20. The maximum absolute atomic E-state index is 13.0. The Kier molecular flexibility index (Phi) is 4.60. The molecule has 0 fully saturated rings. The molecule has 0 saturated carbocycles. The van der Waals surface area contributed by atoms with Crippen LogP contribution in [0.5, 0.6) is 0 Å². The molecule has 1 aliphatic carbocycles. The molecule has 0 spiro atoms. The summed E-state index contributed by atoms with van der Waals surface area (Å²) >= 11 is 2.98. The van der Waals surface area contributed by atoms with E-state index in [4.69, 9.17) is 10.2 Å². The van der Waals surface area contributed by atoms with Gasteiger partial charge < -0.3 is 0 Å². The zero-order valence-electron chi connectivity index (χ0n) is 13.3. The molecule has 4 nitrogen and oxygen atoms in total. The number of thioether (sulfide) groups is 1. The second kappa shape index (κ2) is 6.50. The molecule has 2 aromatic rings. The molecular formula is C17H19N3OS2. The number of hydrogen-bond donors (Lipinski definition) is 0. The van der Waals surface area contributed by atoms with Crippen LogP contribution in [-0.2, 0) is 19.4 Å². The molecule has 0 aliphatic heterocycles. The smallest absolute Gasteiger partial charge is 0.263 e. The Morgan fingerprint density at radius 2 is 2.43 bits per heavy atom. The Balaban J connectivity index is 2.21. The summed E-state index contributed by atoms with van der Waals surface area (Å²) < 4.78 is 1.65. The number of nitriles is 1. The highest BCUT2D eigenvalue weighted by Crippen LogP contribution is 2.36. The van der Waals surface area contributed by atoms with Gasteiger partial charge in [-0.25, -0.2) is 4.98 Å². The molecule has 0 aromatic carbocycles. The molecule has 23 heavy (non-hydrogen) atoms. The first kappa shape index (κ1) is 16.3. The van der Waals surface area contributed by atoms with E-state index in [-0.39, 0.29) is 10.8 Å². The summed E-state index contributed by atoms with van der Waals surface area (Å²) in [6.45, 7) is 8.24. The molecule has 0 amide bonds. The second-order valence-electron chi connectivity index (χ2n) is 6.02. The molecule has 2 atom stereocenters. The van der Waals surface area contributed by atoms with Crippen molar-refractivity contribution >= 4 is 33.3 Å². The molecule has 0 N–H and O–H groups in total. The lowest BCUT2D eigenvalue weighted by Crippen LogP contribution is -2.24. The Morgan fingerprint density at radius 3 is 3.13 bits per heavy atom. The Labute approximate surface area is 143 Å². The van der Waals surface area contributed by atoms with E-state index in [2.05, 4.69) is 19.6 Å². The van der Waals surface area contributed by atoms with Crippen LogP contribution in [0.1, 0.15) is 30.7 Å². The van der Waals surface area contributed by atoms with Crippen LogP contribution in [0.15, 0.2) is 22.6 Å². The first-order valence-corrected chi connectivity index (χ1v) is 9.47. The van der Waals surface area contributed by atoms with Crippen molar-refractivity contribution in [3.05, 3.63) is 33.4 Å². The van der Waals surface area contributed by atoms with E-state index in [9.17, 15) is 4.79 Å². The number of hydrogen-bond acceptors (Lipinski definition) is 5. The summed E-state index contributed by atoms with van der Waals surface area (Å²) in [6, 6.07) is 2.19. The van der Waals surface area contributed by atoms with Gasteiger partial charge in [0.1, 0.15) is 4.83 Å². The third kappa shape index (κ3) is 2.96. The van der Waals surface area contributed by atoms with Crippen LogP contribution in [0.4, 0.5) is 0 Å². The van der Waals surface area contributed by atoms with E-state index in [0.717, 1.165) is 29.5 Å². The molecule has 2 heterocycles. The van der Waals surface area contributed by atoms with Gasteiger partial charge in [0.25, 0.3) is 5.56 Å². The van der Waals surface area contributed by atoms with Gasteiger partial charge in [-0.3, -0.25) is 9.36 Å². The minimum atomic E-state index is -0.245. The number of nitrogens with zero attached hydrogens (tertiary/aromatic N) is 3. The van der Waals surface area contributed by atoms with E-state index in [1.54, 1.807) is 22.0 Å². The Morgan fingerprint density at radius 1 is 1.65 bits per heavy atom. The maximum atomic E-state index is 13.0. The number of thiophene rings is 1. The van der Waals surface area contributed by atoms with Crippen molar-refractivity contribution < 1.29 is 0 Å². The molecule has 6 heteroatoms. The number of aromatic nitrogens is 2. The summed E-state index contributed by atoms with van der Waals surface area (Å²) in [5, 5.41) is 10.2. The number of rotatable bonds is 4. The summed E-state index contributed by atoms with van der Waals surface area (Å²) in [7, 11) is 0. The van der Waals surface area contributed by atoms with Crippen LogP contribution in [0.25, 0.3) is 10.2 Å². The van der Waals surface area contributed by atoms with Crippen LogP contribution in [-0.4, -0.2) is 14.8 Å². The van der Waals surface area contributed by atoms with Gasteiger partial charge in [-0.1, -0.05) is 24.8 Å². The SMILES string of the molecule is C=CCn1c(S[C@@H](C)C#N)nc2sc3c(c2c1=O)CC[C@H](C)C3. The van der Waals surface area contributed by atoms with Gasteiger partial charge in [-0.2, -0.15) is 5.26 Å². The fourth-order valence-electron chi connectivity index (χ4n) is 2.97. The van der Waals surface area contributed by atoms with Crippen molar-refractivity contribution in [1.29, 1.82) is 5.26 Å².